The number of aryl methyl sites for hydroxylation is 1. The molecule has 2 unspecified atom stereocenters. The van der Waals surface area contributed by atoms with E-state index in [1.807, 2.05) is 13.0 Å². The molecule has 1 aromatic rings. The van der Waals surface area contributed by atoms with Gasteiger partial charge in [0.2, 0.25) is 0 Å². The van der Waals surface area contributed by atoms with Crippen LogP contribution in [0.1, 0.15) is 24.5 Å². The average Bonchev–Trinajstić information content (AvgIpc) is 2.27. The second-order valence-corrected chi connectivity index (χ2v) is 5.46. The Labute approximate surface area is 104 Å². The minimum atomic E-state index is -0.675. The van der Waals surface area contributed by atoms with Crippen LogP contribution in [-0.4, -0.2) is 11.1 Å². The van der Waals surface area contributed by atoms with Crippen LogP contribution in [0.2, 0.25) is 0 Å². The Bertz CT molecular complexity index is 414. The Morgan fingerprint density at radius 3 is 2.94 bits per heavy atom. The standard InChI is InChI=1S/C13H15BrO2/c1-8(13(15)16)9-2-3-11-7-12(14)5-4-10(11)6-9/h4-5,7-9H,2-3,6H2,1H3,(H,15,16). The van der Waals surface area contributed by atoms with Crippen molar-refractivity contribution in [1.82, 2.24) is 0 Å². The van der Waals surface area contributed by atoms with E-state index in [9.17, 15) is 4.79 Å². The summed E-state index contributed by atoms with van der Waals surface area (Å²) < 4.78 is 1.11. The number of hydrogen-bond donors (Lipinski definition) is 1. The van der Waals surface area contributed by atoms with Crippen LogP contribution < -0.4 is 0 Å². The van der Waals surface area contributed by atoms with Crippen molar-refractivity contribution in [3.8, 4) is 0 Å². The summed E-state index contributed by atoms with van der Waals surface area (Å²) in [5.41, 5.74) is 2.68. The van der Waals surface area contributed by atoms with E-state index in [0.717, 1.165) is 23.7 Å². The average molecular weight is 283 g/mol. The Morgan fingerprint density at radius 1 is 1.50 bits per heavy atom. The molecule has 0 spiro atoms. The molecule has 1 N–H and O–H groups in total. The molecule has 1 aliphatic rings. The third-order valence-electron chi connectivity index (χ3n) is 3.53. The number of hydrogen-bond acceptors (Lipinski definition) is 1. The normalized spacial score (nSPS) is 21.2. The first-order valence-electron chi connectivity index (χ1n) is 5.58. The van der Waals surface area contributed by atoms with Crippen molar-refractivity contribution in [1.29, 1.82) is 0 Å². The maximum atomic E-state index is 11.0. The fourth-order valence-corrected chi connectivity index (χ4v) is 2.79. The molecule has 2 rings (SSSR count). The van der Waals surface area contributed by atoms with E-state index < -0.39 is 5.97 Å². The van der Waals surface area contributed by atoms with Gasteiger partial charge in [-0.1, -0.05) is 28.9 Å². The zero-order valence-electron chi connectivity index (χ0n) is 9.24. The van der Waals surface area contributed by atoms with Crippen molar-refractivity contribution >= 4 is 21.9 Å². The molecule has 2 nitrogen and oxygen atoms in total. The van der Waals surface area contributed by atoms with Gasteiger partial charge in [-0.3, -0.25) is 4.79 Å². The summed E-state index contributed by atoms with van der Waals surface area (Å²) >= 11 is 3.46. The molecular weight excluding hydrogens is 268 g/mol. The number of carbonyl (C=O) groups is 1. The van der Waals surface area contributed by atoms with Gasteiger partial charge in [-0.25, -0.2) is 0 Å². The third-order valence-corrected chi connectivity index (χ3v) is 4.02. The maximum absolute atomic E-state index is 11.0. The number of carboxylic acid groups (broad SMARTS) is 1. The SMILES string of the molecule is CC(C(=O)O)C1CCc2cc(Br)ccc2C1. The molecular formula is C13H15BrO2. The highest BCUT2D eigenvalue weighted by Crippen LogP contribution is 2.31. The van der Waals surface area contributed by atoms with Gasteiger partial charge in [0.05, 0.1) is 5.92 Å². The van der Waals surface area contributed by atoms with Crippen molar-refractivity contribution in [2.75, 3.05) is 0 Å². The summed E-state index contributed by atoms with van der Waals surface area (Å²) in [4.78, 5) is 11.0. The molecule has 1 aliphatic carbocycles. The van der Waals surface area contributed by atoms with E-state index in [0.29, 0.717) is 0 Å². The number of benzene rings is 1. The predicted octanol–water partition coefficient (Wildman–Crippen LogP) is 3.27. The van der Waals surface area contributed by atoms with E-state index in [1.165, 1.54) is 11.1 Å². The molecule has 86 valence electrons. The van der Waals surface area contributed by atoms with Crippen LogP contribution in [0.25, 0.3) is 0 Å². The molecule has 0 aromatic heterocycles. The molecule has 0 bridgehead atoms. The monoisotopic (exact) mass is 282 g/mol. The Kier molecular flexibility index (Phi) is 3.33. The first kappa shape index (κ1) is 11.6. The van der Waals surface area contributed by atoms with Gasteiger partial charge in [0.25, 0.3) is 0 Å². The van der Waals surface area contributed by atoms with E-state index >= 15 is 0 Å². The van der Waals surface area contributed by atoms with E-state index in [-0.39, 0.29) is 11.8 Å². The van der Waals surface area contributed by atoms with Crippen LogP contribution in [0, 0.1) is 11.8 Å². The van der Waals surface area contributed by atoms with E-state index in [1.54, 1.807) is 0 Å². The lowest BCUT2D eigenvalue weighted by molar-refractivity contribution is -0.143. The van der Waals surface area contributed by atoms with Crippen molar-refractivity contribution in [3.63, 3.8) is 0 Å². The second kappa shape index (κ2) is 4.58. The molecule has 0 saturated carbocycles. The van der Waals surface area contributed by atoms with Crippen molar-refractivity contribution in [2.45, 2.75) is 26.2 Å². The van der Waals surface area contributed by atoms with Crippen molar-refractivity contribution in [3.05, 3.63) is 33.8 Å². The molecule has 3 heteroatoms. The highest BCUT2D eigenvalue weighted by Gasteiger charge is 2.27. The van der Waals surface area contributed by atoms with Gasteiger partial charge < -0.3 is 5.11 Å². The highest BCUT2D eigenvalue weighted by molar-refractivity contribution is 9.10. The minimum Gasteiger partial charge on any atom is -0.481 e. The number of rotatable bonds is 2. The molecule has 2 atom stereocenters. The number of fused-ring (bicyclic) bond motifs is 1. The smallest absolute Gasteiger partial charge is 0.306 e. The Hall–Kier alpha value is -0.830. The van der Waals surface area contributed by atoms with Gasteiger partial charge in [-0.05, 0) is 48.4 Å². The summed E-state index contributed by atoms with van der Waals surface area (Å²) in [7, 11) is 0. The fourth-order valence-electron chi connectivity index (χ4n) is 2.38. The summed E-state index contributed by atoms with van der Waals surface area (Å²) in [6, 6.07) is 6.30. The molecule has 0 heterocycles. The fraction of sp³-hybridized carbons (Fsp3) is 0.462. The molecule has 0 aliphatic heterocycles. The lowest BCUT2D eigenvalue weighted by Crippen LogP contribution is -2.26. The molecule has 16 heavy (non-hydrogen) atoms. The number of carboxylic acids is 1. The van der Waals surface area contributed by atoms with Crippen molar-refractivity contribution in [2.24, 2.45) is 11.8 Å². The lowest BCUT2D eigenvalue weighted by Gasteiger charge is -2.27. The largest absolute Gasteiger partial charge is 0.481 e. The first-order chi connectivity index (χ1) is 7.58. The van der Waals surface area contributed by atoms with Gasteiger partial charge >= 0.3 is 5.97 Å². The highest BCUT2D eigenvalue weighted by atomic mass is 79.9. The van der Waals surface area contributed by atoms with Crippen LogP contribution in [0.5, 0.6) is 0 Å². The summed E-state index contributed by atoms with van der Waals surface area (Å²) in [5, 5.41) is 9.02. The molecule has 0 radical (unpaired) electrons. The van der Waals surface area contributed by atoms with Gasteiger partial charge in [0, 0.05) is 4.47 Å². The zero-order valence-corrected chi connectivity index (χ0v) is 10.8. The quantitative estimate of drug-likeness (QED) is 0.904. The Balaban J connectivity index is 2.18. The molecule has 0 amide bonds. The number of aliphatic carboxylic acids is 1. The van der Waals surface area contributed by atoms with Crippen LogP contribution in [0.15, 0.2) is 22.7 Å². The van der Waals surface area contributed by atoms with Gasteiger partial charge in [0.1, 0.15) is 0 Å². The predicted molar refractivity (Wildman–Crippen MR) is 66.5 cm³/mol. The van der Waals surface area contributed by atoms with Gasteiger partial charge in [-0.15, -0.1) is 0 Å². The summed E-state index contributed by atoms with van der Waals surface area (Å²) in [5.74, 6) is -0.631. The Morgan fingerprint density at radius 2 is 2.25 bits per heavy atom. The first-order valence-corrected chi connectivity index (χ1v) is 6.37. The van der Waals surface area contributed by atoms with E-state index in [4.69, 9.17) is 5.11 Å². The van der Waals surface area contributed by atoms with Crippen LogP contribution in [0.4, 0.5) is 0 Å². The van der Waals surface area contributed by atoms with Crippen LogP contribution in [-0.2, 0) is 17.6 Å². The lowest BCUT2D eigenvalue weighted by atomic mass is 9.78. The maximum Gasteiger partial charge on any atom is 0.306 e. The van der Waals surface area contributed by atoms with E-state index in [2.05, 4.69) is 28.1 Å². The molecule has 1 aromatic carbocycles. The second-order valence-electron chi connectivity index (χ2n) is 4.54. The summed E-state index contributed by atoms with van der Waals surface area (Å²) in [6.45, 7) is 1.82. The summed E-state index contributed by atoms with van der Waals surface area (Å²) in [6.07, 6.45) is 2.88. The van der Waals surface area contributed by atoms with Crippen LogP contribution >= 0.6 is 15.9 Å². The topological polar surface area (TPSA) is 37.3 Å². The van der Waals surface area contributed by atoms with Crippen LogP contribution in [0.3, 0.4) is 0 Å². The van der Waals surface area contributed by atoms with Gasteiger partial charge in [-0.2, -0.15) is 0 Å². The third kappa shape index (κ3) is 2.29. The minimum absolute atomic E-state index is 0.239. The zero-order chi connectivity index (χ0) is 11.7. The van der Waals surface area contributed by atoms with Gasteiger partial charge in [0.15, 0.2) is 0 Å². The molecule has 0 saturated heterocycles. The molecule has 0 fully saturated rings. The van der Waals surface area contributed by atoms with Crippen molar-refractivity contribution < 1.29 is 9.90 Å². The number of halogens is 1.